The van der Waals surface area contributed by atoms with E-state index >= 15 is 0 Å². The molecule has 16 heavy (non-hydrogen) atoms. The standard InChI is InChI=1S/C12H21N3O/c1-2-3-4-5-7-13-9-11-15-10-6-8-14-12(15)16/h6,8,10,13H,2-5,7,9,11H2,1H3. The van der Waals surface area contributed by atoms with Crippen molar-refractivity contribution in [2.24, 2.45) is 0 Å². The van der Waals surface area contributed by atoms with Crippen LogP contribution in [0.5, 0.6) is 0 Å². The summed E-state index contributed by atoms with van der Waals surface area (Å²) in [6, 6.07) is 1.78. The van der Waals surface area contributed by atoms with Gasteiger partial charge in [0.1, 0.15) is 0 Å². The van der Waals surface area contributed by atoms with Crippen molar-refractivity contribution in [3.05, 3.63) is 28.9 Å². The first-order valence-electron chi connectivity index (χ1n) is 6.06. The minimum Gasteiger partial charge on any atom is -0.315 e. The van der Waals surface area contributed by atoms with Crippen molar-refractivity contribution < 1.29 is 0 Å². The van der Waals surface area contributed by atoms with Crippen molar-refractivity contribution in [2.45, 2.75) is 39.2 Å². The fourth-order valence-electron chi connectivity index (χ4n) is 1.56. The summed E-state index contributed by atoms with van der Waals surface area (Å²) in [5.74, 6) is 0. The monoisotopic (exact) mass is 223 g/mol. The molecule has 1 rings (SSSR count). The van der Waals surface area contributed by atoms with E-state index in [0.29, 0.717) is 6.54 Å². The van der Waals surface area contributed by atoms with Crippen molar-refractivity contribution in [1.82, 2.24) is 14.9 Å². The Morgan fingerprint density at radius 2 is 2.19 bits per heavy atom. The number of hydrogen-bond donors (Lipinski definition) is 1. The van der Waals surface area contributed by atoms with Gasteiger partial charge >= 0.3 is 5.69 Å². The fraction of sp³-hybridized carbons (Fsp3) is 0.667. The zero-order chi connectivity index (χ0) is 11.6. The second-order valence-corrected chi connectivity index (χ2v) is 3.91. The first-order valence-corrected chi connectivity index (χ1v) is 6.06. The minimum atomic E-state index is -0.171. The van der Waals surface area contributed by atoms with Crippen LogP contribution in [0.25, 0.3) is 0 Å². The molecular weight excluding hydrogens is 202 g/mol. The molecule has 0 atom stereocenters. The summed E-state index contributed by atoms with van der Waals surface area (Å²) in [5.41, 5.74) is -0.171. The van der Waals surface area contributed by atoms with Crippen LogP contribution in [0.2, 0.25) is 0 Å². The van der Waals surface area contributed by atoms with Gasteiger partial charge in [-0.15, -0.1) is 0 Å². The molecule has 0 aromatic carbocycles. The first-order chi connectivity index (χ1) is 7.84. The largest absolute Gasteiger partial charge is 0.347 e. The van der Waals surface area contributed by atoms with Crippen molar-refractivity contribution >= 4 is 0 Å². The third-order valence-corrected chi connectivity index (χ3v) is 2.52. The molecule has 0 fully saturated rings. The van der Waals surface area contributed by atoms with Gasteiger partial charge in [-0.3, -0.25) is 4.57 Å². The highest BCUT2D eigenvalue weighted by molar-refractivity contribution is 4.80. The molecule has 4 nitrogen and oxygen atoms in total. The lowest BCUT2D eigenvalue weighted by Crippen LogP contribution is -2.28. The Hall–Kier alpha value is -1.16. The number of aromatic nitrogens is 2. The van der Waals surface area contributed by atoms with E-state index in [9.17, 15) is 4.79 Å². The van der Waals surface area contributed by atoms with Crippen molar-refractivity contribution in [1.29, 1.82) is 0 Å². The third kappa shape index (κ3) is 5.07. The Kier molecular flexibility index (Phi) is 6.49. The Balaban J connectivity index is 2.08. The zero-order valence-electron chi connectivity index (χ0n) is 9.98. The van der Waals surface area contributed by atoms with Crippen LogP contribution < -0.4 is 11.0 Å². The molecule has 0 saturated heterocycles. The molecule has 0 amide bonds. The topological polar surface area (TPSA) is 46.9 Å². The molecule has 1 N–H and O–H groups in total. The van der Waals surface area contributed by atoms with Crippen molar-refractivity contribution in [2.75, 3.05) is 13.1 Å². The van der Waals surface area contributed by atoms with E-state index in [1.54, 1.807) is 16.8 Å². The molecule has 0 saturated carbocycles. The van der Waals surface area contributed by atoms with Crippen molar-refractivity contribution in [3.63, 3.8) is 0 Å². The SMILES string of the molecule is CCCCCCNCCn1cccnc1=O. The average molecular weight is 223 g/mol. The summed E-state index contributed by atoms with van der Waals surface area (Å²) < 4.78 is 1.62. The molecular formula is C12H21N3O. The summed E-state index contributed by atoms with van der Waals surface area (Å²) in [6.45, 7) is 4.77. The molecule has 0 aliphatic rings. The summed E-state index contributed by atoms with van der Waals surface area (Å²) in [4.78, 5) is 14.9. The summed E-state index contributed by atoms with van der Waals surface area (Å²) in [7, 11) is 0. The number of nitrogens with one attached hydrogen (secondary N) is 1. The van der Waals surface area contributed by atoms with E-state index in [1.165, 1.54) is 31.9 Å². The van der Waals surface area contributed by atoms with Crippen LogP contribution in [-0.2, 0) is 6.54 Å². The lowest BCUT2D eigenvalue weighted by atomic mass is 10.2. The minimum absolute atomic E-state index is 0.171. The van der Waals surface area contributed by atoms with Crippen LogP contribution in [0, 0.1) is 0 Å². The van der Waals surface area contributed by atoms with Crippen LogP contribution in [0.15, 0.2) is 23.3 Å². The van der Waals surface area contributed by atoms with E-state index in [4.69, 9.17) is 0 Å². The molecule has 0 aliphatic heterocycles. The fourth-order valence-corrected chi connectivity index (χ4v) is 1.56. The van der Waals surface area contributed by atoms with Gasteiger partial charge in [-0.05, 0) is 19.0 Å². The van der Waals surface area contributed by atoms with Gasteiger partial charge in [-0.25, -0.2) is 9.78 Å². The van der Waals surface area contributed by atoms with Crippen LogP contribution in [0.3, 0.4) is 0 Å². The molecule has 0 radical (unpaired) electrons. The van der Waals surface area contributed by atoms with Gasteiger partial charge in [-0.1, -0.05) is 26.2 Å². The normalized spacial score (nSPS) is 10.6. The molecule has 0 bridgehead atoms. The van der Waals surface area contributed by atoms with E-state index in [-0.39, 0.29) is 5.69 Å². The lowest BCUT2D eigenvalue weighted by molar-refractivity contribution is 0.549. The molecule has 0 unspecified atom stereocenters. The predicted octanol–water partition coefficient (Wildman–Crippen LogP) is 1.41. The molecule has 4 heteroatoms. The summed E-state index contributed by atoms with van der Waals surface area (Å²) in [5, 5.41) is 3.33. The van der Waals surface area contributed by atoms with Gasteiger partial charge in [0.15, 0.2) is 0 Å². The summed E-state index contributed by atoms with van der Waals surface area (Å²) >= 11 is 0. The highest BCUT2D eigenvalue weighted by Gasteiger charge is 1.94. The van der Waals surface area contributed by atoms with Crippen LogP contribution in [0.1, 0.15) is 32.6 Å². The molecule has 0 spiro atoms. The molecule has 1 aromatic heterocycles. The quantitative estimate of drug-likeness (QED) is 0.678. The second kappa shape index (κ2) is 8.05. The van der Waals surface area contributed by atoms with Crippen LogP contribution >= 0.6 is 0 Å². The van der Waals surface area contributed by atoms with E-state index < -0.39 is 0 Å². The average Bonchev–Trinajstić information content (AvgIpc) is 2.30. The number of hydrogen-bond acceptors (Lipinski definition) is 3. The number of unbranched alkanes of at least 4 members (excludes halogenated alkanes) is 3. The Morgan fingerprint density at radius 3 is 2.94 bits per heavy atom. The first kappa shape index (κ1) is 12.9. The van der Waals surface area contributed by atoms with Gasteiger partial charge in [0.05, 0.1) is 0 Å². The highest BCUT2D eigenvalue weighted by Crippen LogP contribution is 1.96. The Morgan fingerprint density at radius 1 is 1.31 bits per heavy atom. The Bertz CT molecular complexity index is 335. The molecule has 0 aliphatic carbocycles. The van der Waals surface area contributed by atoms with E-state index in [0.717, 1.165) is 13.1 Å². The second-order valence-electron chi connectivity index (χ2n) is 3.91. The van der Waals surface area contributed by atoms with Crippen LogP contribution in [-0.4, -0.2) is 22.6 Å². The molecule has 1 aromatic rings. The zero-order valence-corrected chi connectivity index (χ0v) is 9.98. The van der Waals surface area contributed by atoms with E-state index in [2.05, 4.69) is 17.2 Å². The smallest absolute Gasteiger partial charge is 0.315 e. The maximum Gasteiger partial charge on any atom is 0.347 e. The highest BCUT2D eigenvalue weighted by atomic mass is 16.1. The number of rotatable bonds is 8. The van der Waals surface area contributed by atoms with E-state index in [1.807, 2.05) is 0 Å². The van der Waals surface area contributed by atoms with Gasteiger partial charge in [0.2, 0.25) is 0 Å². The summed E-state index contributed by atoms with van der Waals surface area (Å²) in [6.07, 6.45) is 8.38. The van der Waals surface area contributed by atoms with Crippen LogP contribution in [0.4, 0.5) is 0 Å². The van der Waals surface area contributed by atoms with Gasteiger partial charge in [0.25, 0.3) is 0 Å². The maximum atomic E-state index is 11.2. The van der Waals surface area contributed by atoms with Gasteiger partial charge < -0.3 is 5.32 Å². The Labute approximate surface area is 96.7 Å². The van der Waals surface area contributed by atoms with Gasteiger partial charge in [0, 0.05) is 25.5 Å². The third-order valence-electron chi connectivity index (χ3n) is 2.52. The predicted molar refractivity (Wildman–Crippen MR) is 65.5 cm³/mol. The number of nitrogens with zero attached hydrogens (tertiary/aromatic N) is 2. The maximum absolute atomic E-state index is 11.2. The lowest BCUT2D eigenvalue weighted by Gasteiger charge is -2.06. The molecule has 1 heterocycles. The van der Waals surface area contributed by atoms with Crippen molar-refractivity contribution in [3.8, 4) is 0 Å². The van der Waals surface area contributed by atoms with Gasteiger partial charge in [-0.2, -0.15) is 0 Å². The molecule has 90 valence electrons.